The number of nitrogens with one attached hydrogen (secondary N) is 1. The summed E-state index contributed by atoms with van der Waals surface area (Å²) >= 11 is 3.48. The third-order valence-corrected chi connectivity index (χ3v) is 7.60. The Bertz CT molecular complexity index is 1030. The second kappa shape index (κ2) is 6.91. The number of carbonyl (C=O) groups is 1. The Kier molecular flexibility index (Phi) is 4.72. The zero-order chi connectivity index (χ0) is 19.2. The molecule has 4 nitrogen and oxygen atoms in total. The Hall–Kier alpha value is -1.92. The first kappa shape index (κ1) is 18.4. The topological polar surface area (TPSA) is 63.2 Å². The van der Waals surface area contributed by atoms with Crippen molar-refractivity contribution in [1.82, 2.24) is 0 Å². The third kappa shape index (κ3) is 3.48. The molecule has 1 aliphatic carbocycles. The maximum atomic E-state index is 12.5. The van der Waals surface area contributed by atoms with Gasteiger partial charge in [-0.3, -0.25) is 4.79 Å². The van der Waals surface area contributed by atoms with Crippen molar-refractivity contribution in [3.05, 3.63) is 70.2 Å². The van der Waals surface area contributed by atoms with E-state index < -0.39 is 15.6 Å². The number of Topliss-reactive ketones (excluding diaryl/α,β-unsaturated/α-hetero) is 1. The van der Waals surface area contributed by atoms with Gasteiger partial charge in [0.25, 0.3) is 0 Å². The molecule has 0 bridgehead atoms. The van der Waals surface area contributed by atoms with Crippen molar-refractivity contribution in [2.45, 2.75) is 30.2 Å². The van der Waals surface area contributed by atoms with E-state index in [0.717, 1.165) is 22.1 Å². The van der Waals surface area contributed by atoms with E-state index in [4.69, 9.17) is 0 Å². The van der Waals surface area contributed by atoms with Crippen LogP contribution in [0.25, 0.3) is 0 Å². The zero-order valence-electron chi connectivity index (χ0n) is 14.9. The van der Waals surface area contributed by atoms with Crippen LogP contribution in [0.2, 0.25) is 0 Å². The van der Waals surface area contributed by atoms with E-state index in [1.807, 2.05) is 18.2 Å². The molecule has 0 unspecified atom stereocenters. The Morgan fingerprint density at radius 3 is 2.63 bits per heavy atom. The molecule has 4 rings (SSSR count). The molecule has 2 aromatic rings. The van der Waals surface area contributed by atoms with Crippen LogP contribution in [0.5, 0.6) is 0 Å². The minimum atomic E-state index is -3.60. The molecule has 0 radical (unpaired) electrons. The number of hydrogen-bond donors (Lipinski definition) is 1. The van der Waals surface area contributed by atoms with E-state index in [1.165, 1.54) is 12.5 Å². The van der Waals surface area contributed by atoms with Gasteiger partial charge in [0, 0.05) is 16.1 Å². The molecule has 1 aliphatic heterocycles. The lowest BCUT2D eigenvalue weighted by atomic mass is 9.77. The molecule has 0 saturated carbocycles. The smallest absolute Gasteiger partial charge is 0.185 e. The summed E-state index contributed by atoms with van der Waals surface area (Å²) < 4.78 is 26.0. The molecule has 1 heterocycles. The fourth-order valence-electron chi connectivity index (χ4n) is 4.12. The number of benzene rings is 2. The molecule has 2 aromatic carbocycles. The fraction of sp³-hybridized carbons (Fsp3) is 0.286. The summed E-state index contributed by atoms with van der Waals surface area (Å²) in [5.41, 5.74) is 3.17. The summed E-state index contributed by atoms with van der Waals surface area (Å²) in [6.45, 7) is 1.30. The highest BCUT2D eigenvalue weighted by atomic mass is 79.9. The average Bonchev–Trinajstić information content (AvgIpc) is 3.10. The number of hydrogen-bond acceptors (Lipinski definition) is 4. The number of allylic oxidation sites excluding steroid dienone is 2. The van der Waals surface area contributed by atoms with Gasteiger partial charge in [-0.1, -0.05) is 40.2 Å². The Morgan fingerprint density at radius 1 is 1.19 bits per heavy atom. The van der Waals surface area contributed by atoms with Crippen LogP contribution in [0.3, 0.4) is 0 Å². The molecule has 140 valence electrons. The molecule has 3 atom stereocenters. The standard InChI is InChI=1S/C21H20BrNO3S/c1-13(24)12-27(25,26)16-9-10-20-19(11-16)17-3-2-4-18(17)21(23-20)14-5-7-15(22)8-6-14/h2-3,5-11,17-18,21,23H,4,12H2,1H3/t17-,18+,21+/m0/s1. The minimum Gasteiger partial charge on any atom is -0.378 e. The Labute approximate surface area is 167 Å². The minimum absolute atomic E-state index is 0.169. The monoisotopic (exact) mass is 445 g/mol. The predicted octanol–water partition coefficient (Wildman–Crippen LogP) is 4.64. The number of rotatable bonds is 4. The van der Waals surface area contributed by atoms with E-state index in [9.17, 15) is 13.2 Å². The third-order valence-electron chi connectivity index (χ3n) is 5.32. The van der Waals surface area contributed by atoms with E-state index in [0.29, 0.717) is 5.92 Å². The van der Waals surface area contributed by atoms with Crippen LogP contribution in [-0.2, 0) is 14.6 Å². The first-order valence-electron chi connectivity index (χ1n) is 8.90. The predicted molar refractivity (Wildman–Crippen MR) is 110 cm³/mol. The Morgan fingerprint density at radius 2 is 1.93 bits per heavy atom. The first-order valence-corrected chi connectivity index (χ1v) is 11.3. The number of ketones is 1. The molecule has 0 aromatic heterocycles. The molecule has 2 aliphatic rings. The van der Waals surface area contributed by atoms with Crippen molar-refractivity contribution in [2.75, 3.05) is 11.1 Å². The van der Waals surface area contributed by atoms with Crippen molar-refractivity contribution >= 4 is 37.2 Å². The summed E-state index contributed by atoms with van der Waals surface area (Å²) in [7, 11) is -3.60. The zero-order valence-corrected chi connectivity index (χ0v) is 17.3. The molecule has 0 fully saturated rings. The van der Waals surface area contributed by atoms with Crippen LogP contribution in [0, 0.1) is 5.92 Å². The molecule has 27 heavy (non-hydrogen) atoms. The van der Waals surface area contributed by atoms with Gasteiger partial charge >= 0.3 is 0 Å². The van der Waals surface area contributed by atoms with E-state index in [2.05, 4.69) is 45.5 Å². The lowest BCUT2D eigenvalue weighted by Crippen LogP contribution is -2.29. The van der Waals surface area contributed by atoms with E-state index in [1.54, 1.807) is 12.1 Å². The molecule has 6 heteroatoms. The number of fused-ring (bicyclic) bond motifs is 3. The highest BCUT2D eigenvalue weighted by Gasteiger charge is 2.38. The van der Waals surface area contributed by atoms with Crippen molar-refractivity contribution in [3.8, 4) is 0 Å². The summed E-state index contributed by atoms with van der Waals surface area (Å²) in [6, 6.07) is 13.7. The maximum Gasteiger partial charge on any atom is 0.185 e. The molecule has 1 N–H and O–H groups in total. The van der Waals surface area contributed by atoms with Gasteiger partial charge in [0.05, 0.1) is 10.9 Å². The Balaban J connectivity index is 1.74. The van der Waals surface area contributed by atoms with Gasteiger partial charge in [-0.05, 0) is 60.7 Å². The lowest BCUT2D eigenvalue weighted by molar-refractivity contribution is -0.114. The molecule has 0 saturated heterocycles. The second-order valence-electron chi connectivity index (χ2n) is 7.24. The molecule has 0 spiro atoms. The summed E-state index contributed by atoms with van der Waals surface area (Å²) in [6.07, 6.45) is 5.30. The van der Waals surface area contributed by atoms with Crippen molar-refractivity contribution in [1.29, 1.82) is 0 Å². The van der Waals surface area contributed by atoms with Gasteiger partial charge in [-0.2, -0.15) is 0 Å². The molecule has 0 amide bonds. The van der Waals surface area contributed by atoms with E-state index in [-0.39, 0.29) is 22.6 Å². The second-order valence-corrected chi connectivity index (χ2v) is 10.1. The quantitative estimate of drug-likeness (QED) is 0.696. The van der Waals surface area contributed by atoms with E-state index >= 15 is 0 Å². The van der Waals surface area contributed by atoms with Crippen LogP contribution in [0.15, 0.2) is 64.0 Å². The van der Waals surface area contributed by atoms with Crippen LogP contribution < -0.4 is 5.32 Å². The van der Waals surface area contributed by atoms with Crippen molar-refractivity contribution < 1.29 is 13.2 Å². The average molecular weight is 446 g/mol. The first-order chi connectivity index (χ1) is 12.8. The van der Waals surface area contributed by atoms with Gasteiger partial charge in [0.2, 0.25) is 0 Å². The van der Waals surface area contributed by atoms with Gasteiger partial charge < -0.3 is 5.32 Å². The fourth-order valence-corrected chi connectivity index (χ4v) is 5.67. The number of carbonyl (C=O) groups excluding carboxylic acids is 1. The van der Waals surface area contributed by atoms with Gasteiger partial charge in [0.1, 0.15) is 11.5 Å². The van der Waals surface area contributed by atoms with Crippen molar-refractivity contribution in [2.24, 2.45) is 5.92 Å². The summed E-state index contributed by atoms with van der Waals surface area (Å²) in [5.74, 6) is -0.295. The van der Waals surface area contributed by atoms with Crippen LogP contribution in [-0.4, -0.2) is 20.0 Å². The largest absolute Gasteiger partial charge is 0.378 e. The van der Waals surface area contributed by atoms with Crippen LogP contribution in [0.1, 0.15) is 36.4 Å². The summed E-state index contributed by atoms with van der Waals surface area (Å²) in [5, 5.41) is 3.61. The maximum absolute atomic E-state index is 12.5. The normalized spacial score (nSPS) is 23.4. The number of halogens is 1. The lowest BCUT2D eigenvalue weighted by Gasteiger charge is -2.37. The highest BCUT2D eigenvalue weighted by Crippen LogP contribution is 2.50. The van der Waals surface area contributed by atoms with Gasteiger partial charge in [0.15, 0.2) is 9.84 Å². The van der Waals surface area contributed by atoms with Gasteiger partial charge in [-0.15, -0.1) is 0 Å². The summed E-state index contributed by atoms with van der Waals surface area (Å²) in [4.78, 5) is 11.5. The SMILES string of the molecule is CC(=O)CS(=O)(=O)c1ccc2c(c1)[C@H]1C=CC[C@H]1[C@@H](c1ccc(Br)cc1)N2. The van der Waals surface area contributed by atoms with Crippen LogP contribution >= 0.6 is 15.9 Å². The van der Waals surface area contributed by atoms with Crippen molar-refractivity contribution in [3.63, 3.8) is 0 Å². The molecular weight excluding hydrogens is 426 g/mol. The van der Waals surface area contributed by atoms with Gasteiger partial charge in [-0.25, -0.2) is 8.42 Å². The van der Waals surface area contributed by atoms with Crippen LogP contribution in [0.4, 0.5) is 5.69 Å². The molecular formula is C21H20BrNO3S. The number of anilines is 1. The highest BCUT2D eigenvalue weighted by molar-refractivity contribution is 9.10. The number of sulfone groups is 1.